The molecule has 4 rings (SSSR count). The third-order valence-electron chi connectivity index (χ3n) is 5.28. The molecular weight excluding hydrogens is 486 g/mol. The van der Waals surface area contributed by atoms with Gasteiger partial charge in [-0.3, -0.25) is 14.9 Å². The van der Waals surface area contributed by atoms with Crippen LogP contribution in [0.1, 0.15) is 36.1 Å². The fourth-order valence-corrected chi connectivity index (χ4v) is 4.70. The predicted octanol–water partition coefficient (Wildman–Crippen LogP) is 6.96. The van der Waals surface area contributed by atoms with Gasteiger partial charge in [0.05, 0.1) is 18.2 Å². The summed E-state index contributed by atoms with van der Waals surface area (Å²) in [4.78, 5) is 23.2. The van der Waals surface area contributed by atoms with Gasteiger partial charge >= 0.3 is 0 Å². The lowest BCUT2D eigenvalue weighted by Crippen LogP contribution is -2.20. The SMILES string of the molecule is CCCc1cc(OCCCOc2ccc(C3SC(=O)NC3=O)cc2Cl)ccc1Oc1ccccc1. The number of halogens is 1. The van der Waals surface area contributed by atoms with Gasteiger partial charge in [-0.05, 0) is 71.8 Å². The van der Waals surface area contributed by atoms with Gasteiger partial charge in [-0.15, -0.1) is 0 Å². The van der Waals surface area contributed by atoms with Crippen LogP contribution in [0, 0.1) is 0 Å². The Morgan fingerprint density at radius 3 is 2.40 bits per heavy atom. The molecule has 6 nitrogen and oxygen atoms in total. The normalized spacial score (nSPS) is 15.1. The van der Waals surface area contributed by atoms with Crippen LogP contribution in [-0.2, 0) is 11.2 Å². The highest BCUT2D eigenvalue weighted by atomic mass is 35.5. The first-order valence-corrected chi connectivity index (χ1v) is 12.7. The van der Waals surface area contributed by atoms with Crippen molar-refractivity contribution in [1.82, 2.24) is 5.32 Å². The van der Waals surface area contributed by atoms with E-state index in [1.165, 1.54) is 0 Å². The van der Waals surface area contributed by atoms with Crippen LogP contribution in [0.2, 0.25) is 5.02 Å². The van der Waals surface area contributed by atoms with Crippen molar-refractivity contribution in [3.8, 4) is 23.0 Å². The second-order valence-electron chi connectivity index (χ2n) is 7.95. The van der Waals surface area contributed by atoms with Crippen LogP contribution in [-0.4, -0.2) is 24.4 Å². The Kier molecular flexibility index (Phi) is 8.55. The minimum absolute atomic E-state index is 0.330. The topological polar surface area (TPSA) is 73.9 Å². The lowest BCUT2D eigenvalue weighted by Gasteiger charge is -2.14. The summed E-state index contributed by atoms with van der Waals surface area (Å²) < 4.78 is 17.8. The lowest BCUT2D eigenvalue weighted by atomic mass is 10.1. The van der Waals surface area contributed by atoms with E-state index in [1.54, 1.807) is 18.2 Å². The number of imide groups is 1. The van der Waals surface area contributed by atoms with Gasteiger partial charge in [-0.2, -0.15) is 0 Å². The van der Waals surface area contributed by atoms with Crippen molar-refractivity contribution in [3.05, 3.63) is 82.9 Å². The van der Waals surface area contributed by atoms with Crippen molar-refractivity contribution in [2.24, 2.45) is 0 Å². The maximum absolute atomic E-state index is 11.9. The quantitative estimate of drug-likeness (QED) is 0.280. The van der Waals surface area contributed by atoms with Crippen molar-refractivity contribution < 1.29 is 23.8 Å². The van der Waals surface area contributed by atoms with Gasteiger partial charge in [-0.1, -0.05) is 49.2 Å². The molecule has 1 fully saturated rings. The number of hydrogen-bond donors (Lipinski definition) is 1. The van der Waals surface area contributed by atoms with Crippen molar-refractivity contribution in [1.29, 1.82) is 0 Å². The molecular formula is C27H26ClNO5S. The molecule has 1 heterocycles. The van der Waals surface area contributed by atoms with Crippen LogP contribution < -0.4 is 19.5 Å². The summed E-state index contributed by atoms with van der Waals surface area (Å²) in [7, 11) is 0. The molecule has 0 aliphatic carbocycles. The molecule has 35 heavy (non-hydrogen) atoms. The van der Waals surface area contributed by atoms with Gasteiger partial charge in [-0.25, -0.2) is 0 Å². The van der Waals surface area contributed by atoms with Crippen LogP contribution in [0.5, 0.6) is 23.0 Å². The van der Waals surface area contributed by atoms with E-state index in [0.717, 1.165) is 47.4 Å². The van der Waals surface area contributed by atoms with E-state index in [0.29, 0.717) is 36.0 Å². The number of carbonyl (C=O) groups is 2. The third kappa shape index (κ3) is 6.71. The Balaban J connectivity index is 1.27. The number of thioether (sulfide) groups is 1. The molecule has 2 amide bonds. The zero-order valence-corrected chi connectivity index (χ0v) is 20.9. The zero-order chi connectivity index (χ0) is 24.6. The first kappa shape index (κ1) is 24.9. The summed E-state index contributed by atoms with van der Waals surface area (Å²) in [6.07, 6.45) is 2.56. The van der Waals surface area contributed by atoms with E-state index in [2.05, 4.69) is 12.2 Å². The van der Waals surface area contributed by atoms with E-state index in [9.17, 15) is 9.59 Å². The largest absolute Gasteiger partial charge is 0.493 e. The zero-order valence-electron chi connectivity index (χ0n) is 19.3. The van der Waals surface area contributed by atoms with Crippen LogP contribution in [0.3, 0.4) is 0 Å². The first-order chi connectivity index (χ1) is 17.0. The van der Waals surface area contributed by atoms with Gasteiger partial charge in [0.2, 0.25) is 5.91 Å². The van der Waals surface area contributed by atoms with E-state index in [-0.39, 0.29) is 11.1 Å². The van der Waals surface area contributed by atoms with Crippen LogP contribution in [0.15, 0.2) is 66.7 Å². The van der Waals surface area contributed by atoms with Gasteiger partial charge in [0.15, 0.2) is 0 Å². The Labute approximate surface area is 213 Å². The summed E-state index contributed by atoms with van der Waals surface area (Å²) in [5.74, 6) is 2.63. The van der Waals surface area contributed by atoms with Crippen molar-refractivity contribution in [2.75, 3.05) is 13.2 Å². The molecule has 0 bridgehead atoms. The molecule has 1 unspecified atom stereocenters. The number of ether oxygens (including phenoxy) is 3. The molecule has 1 aliphatic heterocycles. The van der Waals surface area contributed by atoms with Gasteiger partial charge in [0.1, 0.15) is 28.2 Å². The molecule has 182 valence electrons. The minimum atomic E-state index is -0.579. The second-order valence-corrected chi connectivity index (χ2v) is 9.43. The number of hydrogen-bond acceptors (Lipinski definition) is 6. The number of nitrogens with one attached hydrogen (secondary N) is 1. The smallest absolute Gasteiger partial charge is 0.286 e. The summed E-state index contributed by atoms with van der Waals surface area (Å²) in [6.45, 7) is 3.05. The number of amides is 2. The second kappa shape index (κ2) is 12.0. The maximum Gasteiger partial charge on any atom is 0.286 e. The van der Waals surface area contributed by atoms with Gasteiger partial charge in [0, 0.05) is 6.42 Å². The molecule has 1 saturated heterocycles. The fourth-order valence-electron chi connectivity index (χ4n) is 3.63. The highest BCUT2D eigenvalue weighted by Gasteiger charge is 2.33. The Morgan fingerprint density at radius 2 is 1.69 bits per heavy atom. The van der Waals surface area contributed by atoms with E-state index >= 15 is 0 Å². The molecule has 0 aromatic heterocycles. The van der Waals surface area contributed by atoms with Crippen LogP contribution in [0.4, 0.5) is 4.79 Å². The molecule has 0 saturated carbocycles. The summed E-state index contributed by atoms with van der Waals surface area (Å²) in [6, 6.07) is 20.8. The molecule has 3 aromatic carbocycles. The van der Waals surface area contributed by atoms with Crippen molar-refractivity contribution in [3.63, 3.8) is 0 Å². The van der Waals surface area contributed by atoms with Gasteiger partial charge < -0.3 is 14.2 Å². The monoisotopic (exact) mass is 511 g/mol. The molecule has 1 atom stereocenters. The molecule has 3 aromatic rings. The van der Waals surface area contributed by atoms with Crippen molar-refractivity contribution in [2.45, 2.75) is 31.4 Å². The first-order valence-electron chi connectivity index (χ1n) is 11.5. The summed E-state index contributed by atoms with van der Waals surface area (Å²) in [5, 5.41) is 1.74. The average Bonchev–Trinajstić information content (AvgIpc) is 3.20. The Morgan fingerprint density at radius 1 is 0.914 bits per heavy atom. The van der Waals surface area contributed by atoms with E-state index < -0.39 is 5.25 Å². The maximum atomic E-state index is 11.9. The minimum Gasteiger partial charge on any atom is -0.493 e. The van der Waals surface area contributed by atoms with Gasteiger partial charge in [0.25, 0.3) is 5.24 Å². The summed E-state index contributed by atoms with van der Waals surface area (Å²) in [5.41, 5.74) is 1.77. The summed E-state index contributed by atoms with van der Waals surface area (Å²) >= 11 is 7.27. The number of benzene rings is 3. The van der Waals surface area contributed by atoms with Crippen LogP contribution >= 0.6 is 23.4 Å². The Hall–Kier alpha value is -3.16. The van der Waals surface area contributed by atoms with E-state index in [4.69, 9.17) is 25.8 Å². The number of carbonyl (C=O) groups excluding carboxylic acids is 2. The Bertz CT molecular complexity index is 1190. The highest BCUT2D eigenvalue weighted by molar-refractivity contribution is 8.15. The fraction of sp³-hybridized carbons (Fsp3) is 0.259. The molecule has 1 N–H and O–H groups in total. The van der Waals surface area contributed by atoms with E-state index in [1.807, 2.05) is 48.5 Å². The number of para-hydroxylation sites is 1. The molecule has 0 spiro atoms. The standard InChI is InChI=1S/C27H26ClNO5S/c1-2-7-18-16-21(11-13-23(18)34-20-8-4-3-5-9-20)32-14-6-15-33-24-12-10-19(17-22(24)28)25-26(30)29-27(31)35-25/h3-5,8-13,16-17,25H,2,6-7,14-15H2,1H3,(H,29,30,31). The van der Waals surface area contributed by atoms with Crippen LogP contribution in [0.25, 0.3) is 0 Å². The molecule has 0 radical (unpaired) electrons. The number of aryl methyl sites for hydroxylation is 1. The average molecular weight is 512 g/mol. The predicted molar refractivity (Wildman–Crippen MR) is 138 cm³/mol. The third-order valence-corrected chi connectivity index (χ3v) is 6.62. The highest BCUT2D eigenvalue weighted by Crippen LogP contribution is 2.37. The lowest BCUT2D eigenvalue weighted by molar-refractivity contribution is -0.119. The molecule has 1 aliphatic rings. The molecule has 8 heteroatoms. The van der Waals surface area contributed by atoms with Crippen molar-refractivity contribution >= 4 is 34.5 Å². The number of rotatable bonds is 11.